The van der Waals surface area contributed by atoms with Crippen molar-refractivity contribution in [2.75, 3.05) is 25.5 Å². The molecule has 2 aromatic rings. The van der Waals surface area contributed by atoms with Crippen LogP contribution in [-0.4, -0.2) is 36.9 Å². The Morgan fingerprint density at radius 3 is 2.41 bits per heavy atom. The number of aryl methyl sites for hydroxylation is 1. The van der Waals surface area contributed by atoms with Crippen LogP contribution in [0.25, 0.3) is 0 Å². The monoisotopic (exact) mass is 407 g/mol. The van der Waals surface area contributed by atoms with Crippen molar-refractivity contribution in [1.29, 1.82) is 0 Å². The van der Waals surface area contributed by atoms with Gasteiger partial charge in [-0.2, -0.15) is 0 Å². The minimum absolute atomic E-state index is 0.0233. The van der Waals surface area contributed by atoms with Crippen LogP contribution in [-0.2, 0) is 9.59 Å². The Morgan fingerprint density at radius 1 is 1.11 bits per heavy atom. The third-order valence-electron chi connectivity index (χ3n) is 4.13. The van der Waals surface area contributed by atoms with Crippen LogP contribution in [0.3, 0.4) is 0 Å². The van der Waals surface area contributed by atoms with Crippen LogP contribution >= 0.6 is 23.2 Å². The van der Waals surface area contributed by atoms with Gasteiger partial charge in [0.25, 0.3) is 0 Å². The number of hydrogen-bond donors (Lipinski definition) is 2. The zero-order chi connectivity index (χ0) is 20.0. The molecule has 2 N–H and O–H groups in total. The normalized spacial score (nSPS) is 11.7. The minimum atomic E-state index is -0.247. The first kappa shape index (κ1) is 21.2. The van der Waals surface area contributed by atoms with Crippen LogP contribution in [0.4, 0.5) is 5.69 Å². The van der Waals surface area contributed by atoms with Crippen molar-refractivity contribution in [3.05, 3.63) is 63.6 Å². The number of hydrogen-bond acceptors (Lipinski definition) is 3. The van der Waals surface area contributed by atoms with E-state index >= 15 is 0 Å². The lowest BCUT2D eigenvalue weighted by atomic mass is 10.1. The number of benzene rings is 2. The molecule has 0 aliphatic heterocycles. The molecule has 0 aromatic heterocycles. The highest BCUT2D eigenvalue weighted by Crippen LogP contribution is 2.25. The van der Waals surface area contributed by atoms with Gasteiger partial charge in [0.05, 0.1) is 13.1 Å². The molecule has 0 saturated carbocycles. The zero-order valence-electron chi connectivity index (χ0n) is 15.6. The number of amides is 2. The van der Waals surface area contributed by atoms with Crippen LogP contribution < -0.4 is 10.6 Å². The number of carbonyl (C=O) groups excluding carboxylic acids is 2. The van der Waals surface area contributed by atoms with Crippen LogP contribution in [0.5, 0.6) is 0 Å². The molecule has 2 rings (SSSR count). The molecule has 0 fully saturated rings. The van der Waals surface area contributed by atoms with E-state index in [2.05, 4.69) is 10.6 Å². The Balaban J connectivity index is 1.82. The highest BCUT2D eigenvalue weighted by Gasteiger charge is 2.16. The van der Waals surface area contributed by atoms with Crippen molar-refractivity contribution >= 4 is 40.7 Å². The molecule has 0 bridgehead atoms. The average Bonchev–Trinajstić information content (AvgIpc) is 2.61. The Bertz CT molecular complexity index is 809. The van der Waals surface area contributed by atoms with Crippen molar-refractivity contribution < 1.29 is 9.59 Å². The Morgan fingerprint density at radius 2 is 1.78 bits per heavy atom. The summed E-state index contributed by atoms with van der Waals surface area (Å²) in [5.41, 5.74) is 2.67. The van der Waals surface area contributed by atoms with E-state index in [9.17, 15) is 9.59 Å². The Kier molecular flexibility index (Phi) is 7.66. The average molecular weight is 408 g/mol. The van der Waals surface area contributed by atoms with Crippen molar-refractivity contribution in [3.8, 4) is 0 Å². The van der Waals surface area contributed by atoms with Gasteiger partial charge in [-0.15, -0.1) is 0 Å². The lowest BCUT2D eigenvalue weighted by Crippen LogP contribution is -2.40. The van der Waals surface area contributed by atoms with E-state index in [1.165, 1.54) is 4.90 Å². The molecule has 0 spiro atoms. The summed E-state index contributed by atoms with van der Waals surface area (Å²) in [5.74, 6) is -0.436. The number of likely N-dealkylation sites (N-methyl/N-ethyl adjacent to an activating group) is 1. The summed E-state index contributed by atoms with van der Waals surface area (Å²) in [6.45, 7) is 3.95. The van der Waals surface area contributed by atoms with Crippen molar-refractivity contribution in [2.45, 2.75) is 19.9 Å². The van der Waals surface area contributed by atoms with E-state index in [0.717, 1.165) is 11.1 Å². The minimum Gasteiger partial charge on any atom is -0.335 e. The quantitative estimate of drug-likeness (QED) is 0.727. The van der Waals surface area contributed by atoms with Crippen molar-refractivity contribution in [2.24, 2.45) is 0 Å². The first-order valence-electron chi connectivity index (χ1n) is 8.55. The molecule has 27 heavy (non-hydrogen) atoms. The molecular weight excluding hydrogens is 385 g/mol. The smallest absolute Gasteiger partial charge is 0.243 e. The topological polar surface area (TPSA) is 61.4 Å². The summed E-state index contributed by atoms with van der Waals surface area (Å²) in [7, 11) is 1.60. The molecule has 0 radical (unpaired) electrons. The maximum atomic E-state index is 12.3. The summed E-state index contributed by atoms with van der Waals surface area (Å²) in [4.78, 5) is 25.8. The summed E-state index contributed by atoms with van der Waals surface area (Å²) < 4.78 is 0. The van der Waals surface area contributed by atoms with E-state index in [1.807, 2.05) is 44.2 Å². The Labute approximate surface area is 169 Å². The Hall–Kier alpha value is -2.08. The second kappa shape index (κ2) is 9.74. The molecule has 1 atom stereocenters. The molecule has 0 unspecified atom stereocenters. The number of halogens is 2. The molecule has 7 heteroatoms. The van der Waals surface area contributed by atoms with Crippen LogP contribution in [0.2, 0.25) is 10.0 Å². The van der Waals surface area contributed by atoms with E-state index in [1.54, 1.807) is 19.2 Å². The fourth-order valence-electron chi connectivity index (χ4n) is 2.48. The van der Waals surface area contributed by atoms with Gasteiger partial charge in [0.2, 0.25) is 11.8 Å². The fraction of sp³-hybridized carbons (Fsp3) is 0.300. The maximum Gasteiger partial charge on any atom is 0.243 e. The van der Waals surface area contributed by atoms with E-state index in [4.69, 9.17) is 23.2 Å². The number of nitrogens with zero attached hydrogens (tertiary/aromatic N) is 1. The van der Waals surface area contributed by atoms with Gasteiger partial charge in [0.15, 0.2) is 0 Å². The van der Waals surface area contributed by atoms with Gasteiger partial charge < -0.3 is 15.5 Å². The SMILES string of the molecule is Cc1ccc(NC(=O)CN(C)C(=O)CN[C@H](C)c2ccc(Cl)cc2Cl)cc1. The fourth-order valence-corrected chi connectivity index (χ4v) is 3.05. The van der Waals surface area contributed by atoms with E-state index < -0.39 is 0 Å². The molecular formula is C20H23Cl2N3O2. The number of nitrogens with one attached hydrogen (secondary N) is 2. The van der Waals surface area contributed by atoms with Crippen LogP contribution in [0.15, 0.2) is 42.5 Å². The second-order valence-corrected chi connectivity index (χ2v) is 7.28. The lowest BCUT2D eigenvalue weighted by Gasteiger charge is -2.20. The molecule has 0 aliphatic carbocycles. The van der Waals surface area contributed by atoms with E-state index in [-0.39, 0.29) is 30.9 Å². The molecule has 144 valence electrons. The van der Waals surface area contributed by atoms with Gasteiger partial charge >= 0.3 is 0 Å². The highest BCUT2D eigenvalue weighted by atomic mass is 35.5. The summed E-state index contributed by atoms with van der Waals surface area (Å²) >= 11 is 12.1. The second-order valence-electron chi connectivity index (χ2n) is 6.43. The molecule has 2 amide bonds. The highest BCUT2D eigenvalue weighted by molar-refractivity contribution is 6.35. The van der Waals surface area contributed by atoms with Crippen LogP contribution in [0.1, 0.15) is 24.1 Å². The van der Waals surface area contributed by atoms with E-state index in [0.29, 0.717) is 15.7 Å². The number of anilines is 1. The third kappa shape index (κ3) is 6.54. The molecule has 5 nitrogen and oxygen atoms in total. The largest absolute Gasteiger partial charge is 0.335 e. The van der Waals surface area contributed by atoms with Crippen LogP contribution in [0, 0.1) is 6.92 Å². The van der Waals surface area contributed by atoms with Gasteiger partial charge in [-0.05, 0) is 43.7 Å². The maximum absolute atomic E-state index is 12.3. The standard InChI is InChI=1S/C20H23Cl2N3O2/c1-13-4-7-16(8-5-13)24-19(26)12-25(3)20(27)11-23-14(2)17-9-6-15(21)10-18(17)22/h4-10,14,23H,11-12H2,1-3H3,(H,24,26)/t14-/m1/s1. The zero-order valence-corrected chi connectivity index (χ0v) is 17.1. The first-order chi connectivity index (χ1) is 12.8. The van der Waals surface area contributed by atoms with Gasteiger partial charge in [0, 0.05) is 28.8 Å². The van der Waals surface area contributed by atoms with Crippen molar-refractivity contribution in [3.63, 3.8) is 0 Å². The molecule has 0 heterocycles. The summed E-state index contributed by atoms with van der Waals surface area (Å²) in [6.07, 6.45) is 0. The summed E-state index contributed by atoms with van der Waals surface area (Å²) in [6, 6.07) is 12.6. The predicted molar refractivity (Wildman–Crippen MR) is 110 cm³/mol. The lowest BCUT2D eigenvalue weighted by molar-refractivity contribution is -0.132. The van der Waals surface area contributed by atoms with Crippen molar-refractivity contribution in [1.82, 2.24) is 10.2 Å². The third-order valence-corrected chi connectivity index (χ3v) is 4.69. The molecule has 0 saturated heterocycles. The number of carbonyl (C=O) groups is 2. The van der Waals surface area contributed by atoms with Gasteiger partial charge in [0.1, 0.15) is 0 Å². The summed E-state index contributed by atoms with van der Waals surface area (Å²) in [5, 5.41) is 7.00. The molecule has 2 aromatic carbocycles. The van der Waals surface area contributed by atoms with Gasteiger partial charge in [-0.3, -0.25) is 9.59 Å². The number of rotatable bonds is 7. The van der Waals surface area contributed by atoms with Gasteiger partial charge in [-0.1, -0.05) is 47.0 Å². The first-order valence-corrected chi connectivity index (χ1v) is 9.30. The molecule has 0 aliphatic rings. The van der Waals surface area contributed by atoms with Gasteiger partial charge in [-0.25, -0.2) is 0 Å². The predicted octanol–water partition coefficient (Wildman–Crippen LogP) is 4.05.